The van der Waals surface area contributed by atoms with Gasteiger partial charge in [-0.15, -0.1) is 6.58 Å². The molecular weight excluding hydrogens is 416 g/mol. The third kappa shape index (κ3) is 3.77. The minimum absolute atomic E-state index is 0.106. The number of alkyl halides is 1. The number of rotatable bonds is 5. The molecule has 1 aromatic heterocycles. The van der Waals surface area contributed by atoms with E-state index in [-0.39, 0.29) is 9.85 Å². The molecule has 0 bridgehead atoms. The maximum atomic E-state index is 13.1. The standard InChI is InChI=1S/C18H21BrN4O2S/c1-2-16(26(24,25)15-5-3-14(20)4-6-15)13-7-8-22-18(11-13)23-10-9-21-12-17(23)19/h2-8,11,16-17,21H,1,9-10,12,20H2. The van der Waals surface area contributed by atoms with Crippen LogP contribution in [0.25, 0.3) is 0 Å². The van der Waals surface area contributed by atoms with Gasteiger partial charge in [0.25, 0.3) is 0 Å². The second-order valence-corrected chi connectivity index (χ2v) is 9.18. The lowest BCUT2D eigenvalue weighted by Crippen LogP contribution is -2.48. The van der Waals surface area contributed by atoms with Crippen LogP contribution in [0.15, 0.2) is 60.1 Å². The number of aromatic nitrogens is 1. The molecule has 0 amide bonds. The monoisotopic (exact) mass is 436 g/mol. The molecule has 1 aliphatic rings. The zero-order valence-corrected chi connectivity index (χ0v) is 16.6. The third-order valence-corrected chi connectivity index (χ3v) is 7.21. The Morgan fingerprint density at radius 1 is 1.35 bits per heavy atom. The molecule has 2 unspecified atom stereocenters. The second-order valence-electron chi connectivity index (χ2n) is 6.05. The normalized spacial score (nSPS) is 19.1. The van der Waals surface area contributed by atoms with E-state index in [0.29, 0.717) is 11.3 Å². The van der Waals surface area contributed by atoms with Crippen molar-refractivity contribution in [3.05, 3.63) is 60.8 Å². The minimum Gasteiger partial charge on any atom is -0.399 e. The summed E-state index contributed by atoms with van der Waals surface area (Å²) in [6.07, 6.45) is 3.09. The van der Waals surface area contributed by atoms with E-state index in [1.54, 1.807) is 24.4 Å². The zero-order chi connectivity index (χ0) is 18.7. The van der Waals surface area contributed by atoms with E-state index in [4.69, 9.17) is 5.73 Å². The van der Waals surface area contributed by atoms with Crippen molar-refractivity contribution < 1.29 is 8.42 Å². The Morgan fingerprint density at radius 3 is 2.73 bits per heavy atom. The average Bonchev–Trinajstić information content (AvgIpc) is 2.63. The van der Waals surface area contributed by atoms with Crippen LogP contribution in [0, 0.1) is 0 Å². The van der Waals surface area contributed by atoms with E-state index in [1.807, 2.05) is 6.07 Å². The highest BCUT2D eigenvalue weighted by molar-refractivity contribution is 9.09. The Bertz CT molecular complexity index is 886. The molecule has 3 rings (SSSR count). The first-order valence-corrected chi connectivity index (χ1v) is 10.7. The molecule has 138 valence electrons. The van der Waals surface area contributed by atoms with E-state index < -0.39 is 15.1 Å². The molecule has 8 heteroatoms. The van der Waals surface area contributed by atoms with Gasteiger partial charge in [-0.2, -0.15) is 0 Å². The number of nitrogens with two attached hydrogens (primary N) is 1. The number of anilines is 2. The highest BCUT2D eigenvalue weighted by Gasteiger charge is 2.28. The van der Waals surface area contributed by atoms with Gasteiger partial charge in [0.2, 0.25) is 0 Å². The molecule has 26 heavy (non-hydrogen) atoms. The van der Waals surface area contributed by atoms with Crippen molar-refractivity contribution in [2.45, 2.75) is 15.1 Å². The molecule has 6 nitrogen and oxygen atoms in total. The summed E-state index contributed by atoms with van der Waals surface area (Å²) in [5.41, 5.74) is 6.83. The van der Waals surface area contributed by atoms with E-state index >= 15 is 0 Å². The number of hydrogen-bond acceptors (Lipinski definition) is 6. The number of nitrogen functional groups attached to an aromatic ring is 1. The molecule has 0 radical (unpaired) electrons. The number of nitrogens with zero attached hydrogens (tertiary/aromatic N) is 2. The van der Waals surface area contributed by atoms with Gasteiger partial charge in [-0.1, -0.05) is 22.0 Å². The number of hydrogen-bond donors (Lipinski definition) is 2. The smallest absolute Gasteiger partial charge is 0.188 e. The van der Waals surface area contributed by atoms with Crippen molar-refractivity contribution >= 4 is 37.3 Å². The molecular formula is C18H21BrN4O2S. The van der Waals surface area contributed by atoms with Gasteiger partial charge in [-0.25, -0.2) is 13.4 Å². The van der Waals surface area contributed by atoms with Crippen molar-refractivity contribution in [1.82, 2.24) is 10.3 Å². The van der Waals surface area contributed by atoms with Crippen LogP contribution in [-0.4, -0.2) is 38.0 Å². The van der Waals surface area contributed by atoms with Gasteiger partial charge >= 0.3 is 0 Å². The fourth-order valence-electron chi connectivity index (χ4n) is 2.94. The van der Waals surface area contributed by atoms with Crippen LogP contribution < -0.4 is 16.0 Å². The summed E-state index contributed by atoms with van der Waals surface area (Å²) in [6.45, 7) is 6.18. The first-order valence-electron chi connectivity index (χ1n) is 8.23. The Hall–Kier alpha value is -1.90. The lowest BCUT2D eigenvalue weighted by Gasteiger charge is -2.33. The second kappa shape index (κ2) is 7.77. The number of pyridine rings is 1. The largest absolute Gasteiger partial charge is 0.399 e. The van der Waals surface area contributed by atoms with Gasteiger partial charge in [-0.3, -0.25) is 0 Å². The van der Waals surface area contributed by atoms with Crippen molar-refractivity contribution in [3.63, 3.8) is 0 Å². The first-order chi connectivity index (χ1) is 12.4. The summed E-state index contributed by atoms with van der Waals surface area (Å²) in [4.78, 5) is 6.85. The van der Waals surface area contributed by atoms with Crippen LogP contribution in [0.2, 0.25) is 0 Å². The predicted octanol–water partition coefficient (Wildman–Crippen LogP) is 2.50. The summed E-state index contributed by atoms with van der Waals surface area (Å²) in [5.74, 6) is 0.741. The maximum Gasteiger partial charge on any atom is 0.188 e. The quantitative estimate of drug-likeness (QED) is 0.324. The van der Waals surface area contributed by atoms with Gasteiger partial charge in [0.1, 0.15) is 11.1 Å². The Labute approximate surface area is 162 Å². The summed E-state index contributed by atoms with van der Waals surface area (Å²) < 4.78 is 26.1. The van der Waals surface area contributed by atoms with Crippen LogP contribution in [0.3, 0.4) is 0 Å². The Balaban J connectivity index is 1.96. The van der Waals surface area contributed by atoms with E-state index in [2.05, 4.69) is 37.7 Å². The predicted molar refractivity (Wildman–Crippen MR) is 108 cm³/mol. The summed E-state index contributed by atoms with van der Waals surface area (Å²) in [7, 11) is -3.63. The van der Waals surface area contributed by atoms with Crippen LogP contribution in [0.4, 0.5) is 11.5 Å². The molecule has 0 saturated carbocycles. The fourth-order valence-corrected chi connectivity index (χ4v) is 5.15. The maximum absolute atomic E-state index is 13.1. The molecule has 3 N–H and O–H groups in total. The van der Waals surface area contributed by atoms with Crippen molar-refractivity contribution in [1.29, 1.82) is 0 Å². The first kappa shape index (κ1) is 18.9. The van der Waals surface area contributed by atoms with Gasteiger partial charge in [0, 0.05) is 31.5 Å². The molecule has 2 heterocycles. The number of sulfone groups is 1. The Kier molecular flexibility index (Phi) is 5.64. The summed E-state index contributed by atoms with van der Waals surface area (Å²) in [5, 5.41) is 2.44. The lowest BCUT2D eigenvalue weighted by molar-refractivity contribution is 0.565. The molecule has 1 aliphatic heterocycles. The molecule has 1 saturated heterocycles. The molecule has 0 spiro atoms. The molecule has 1 fully saturated rings. The molecule has 0 aliphatic carbocycles. The molecule has 2 atom stereocenters. The number of nitrogens with one attached hydrogen (secondary N) is 1. The van der Waals surface area contributed by atoms with Gasteiger partial charge < -0.3 is 16.0 Å². The molecule has 2 aromatic rings. The molecule has 1 aromatic carbocycles. The fraction of sp³-hybridized carbons (Fsp3) is 0.278. The van der Waals surface area contributed by atoms with E-state index in [9.17, 15) is 8.42 Å². The number of halogens is 1. The van der Waals surface area contributed by atoms with Gasteiger partial charge in [0.05, 0.1) is 9.85 Å². The van der Waals surface area contributed by atoms with Crippen molar-refractivity contribution in [2.24, 2.45) is 0 Å². The van der Waals surface area contributed by atoms with Crippen LogP contribution in [-0.2, 0) is 9.84 Å². The highest BCUT2D eigenvalue weighted by atomic mass is 79.9. The lowest BCUT2D eigenvalue weighted by atomic mass is 10.2. The average molecular weight is 437 g/mol. The number of piperazine rings is 1. The SMILES string of the molecule is C=CC(c1ccnc(N2CCNCC2Br)c1)S(=O)(=O)c1ccc(N)cc1. The van der Waals surface area contributed by atoms with Crippen molar-refractivity contribution in [2.75, 3.05) is 30.3 Å². The third-order valence-electron chi connectivity index (χ3n) is 4.33. The van der Waals surface area contributed by atoms with Crippen molar-refractivity contribution in [3.8, 4) is 0 Å². The highest BCUT2D eigenvalue weighted by Crippen LogP contribution is 2.32. The van der Waals surface area contributed by atoms with Crippen LogP contribution >= 0.6 is 15.9 Å². The zero-order valence-electron chi connectivity index (χ0n) is 14.2. The summed E-state index contributed by atoms with van der Waals surface area (Å²) in [6, 6.07) is 9.75. The van der Waals surface area contributed by atoms with Gasteiger partial charge in [0.15, 0.2) is 9.84 Å². The summed E-state index contributed by atoms with van der Waals surface area (Å²) >= 11 is 3.63. The van der Waals surface area contributed by atoms with E-state index in [1.165, 1.54) is 18.2 Å². The number of benzene rings is 1. The topological polar surface area (TPSA) is 88.3 Å². The van der Waals surface area contributed by atoms with E-state index in [0.717, 1.165) is 25.5 Å². The van der Waals surface area contributed by atoms with Gasteiger partial charge in [-0.05, 0) is 42.0 Å². The van der Waals surface area contributed by atoms with Crippen LogP contribution in [0.5, 0.6) is 0 Å². The Morgan fingerprint density at radius 2 is 2.08 bits per heavy atom. The minimum atomic E-state index is -3.63. The van der Waals surface area contributed by atoms with Crippen LogP contribution in [0.1, 0.15) is 10.8 Å².